The van der Waals surface area contributed by atoms with Crippen LogP contribution < -0.4 is 5.32 Å². The topological polar surface area (TPSA) is 12.0 Å². The molecule has 2 heteroatoms. The van der Waals surface area contributed by atoms with Crippen LogP contribution in [0.15, 0.2) is 17.5 Å². The van der Waals surface area contributed by atoms with Gasteiger partial charge in [0.2, 0.25) is 0 Å². The van der Waals surface area contributed by atoms with E-state index >= 15 is 0 Å². The van der Waals surface area contributed by atoms with E-state index in [1.54, 1.807) is 4.88 Å². The molecule has 0 radical (unpaired) electrons. The first-order valence-corrected chi connectivity index (χ1v) is 5.90. The van der Waals surface area contributed by atoms with Gasteiger partial charge in [-0.05, 0) is 36.9 Å². The quantitative estimate of drug-likeness (QED) is 0.779. The molecule has 0 bridgehead atoms. The van der Waals surface area contributed by atoms with Gasteiger partial charge in [-0.1, -0.05) is 19.9 Å². The maximum atomic E-state index is 3.43. The first kappa shape index (κ1) is 9.22. The standard InChI is InChI=1S/C11H17NS/c1-3-12-8-9-7-11(9,2)10-5-4-6-13-10/h4-6,9,12H,3,7-8H2,1-2H3. The molecule has 1 aliphatic carbocycles. The van der Waals surface area contributed by atoms with Crippen LogP contribution in [0.1, 0.15) is 25.1 Å². The van der Waals surface area contributed by atoms with Crippen molar-refractivity contribution in [2.24, 2.45) is 5.92 Å². The molecular formula is C11H17NS. The third-order valence-corrected chi connectivity index (χ3v) is 4.29. The van der Waals surface area contributed by atoms with E-state index in [9.17, 15) is 0 Å². The van der Waals surface area contributed by atoms with Gasteiger partial charge >= 0.3 is 0 Å². The van der Waals surface area contributed by atoms with Crippen LogP contribution in [0.2, 0.25) is 0 Å². The minimum Gasteiger partial charge on any atom is -0.317 e. The van der Waals surface area contributed by atoms with Gasteiger partial charge in [0.05, 0.1) is 0 Å². The van der Waals surface area contributed by atoms with E-state index < -0.39 is 0 Å². The molecule has 1 N–H and O–H groups in total. The van der Waals surface area contributed by atoms with Crippen LogP contribution in [-0.2, 0) is 5.41 Å². The van der Waals surface area contributed by atoms with Crippen LogP contribution in [0.5, 0.6) is 0 Å². The first-order valence-electron chi connectivity index (χ1n) is 5.02. The zero-order chi connectivity index (χ0) is 9.31. The van der Waals surface area contributed by atoms with Gasteiger partial charge in [-0.3, -0.25) is 0 Å². The Labute approximate surface area is 84.2 Å². The minimum absolute atomic E-state index is 0.496. The fraction of sp³-hybridized carbons (Fsp3) is 0.636. The molecule has 2 rings (SSSR count). The lowest BCUT2D eigenvalue weighted by atomic mass is 10.0. The summed E-state index contributed by atoms with van der Waals surface area (Å²) in [6.07, 6.45) is 1.36. The summed E-state index contributed by atoms with van der Waals surface area (Å²) in [5.74, 6) is 0.867. The van der Waals surface area contributed by atoms with E-state index in [0.717, 1.165) is 12.5 Å². The van der Waals surface area contributed by atoms with Crippen molar-refractivity contribution in [1.29, 1.82) is 0 Å². The molecule has 2 unspecified atom stereocenters. The highest BCUT2D eigenvalue weighted by Gasteiger charge is 2.51. The van der Waals surface area contributed by atoms with Crippen molar-refractivity contribution in [3.05, 3.63) is 22.4 Å². The van der Waals surface area contributed by atoms with Crippen molar-refractivity contribution >= 4 is 11.3 Å². The maximum absolute atomic E-state index is 3.43. The highest BCUT2D eigenvalue weighted by molar-refractivity contribution is 7.10. The lowest BCUT2D eigenvalue weighted by molar-refractivity contribution is 0.597. The highest BCUT2D eigenvalue weighted by Crippen LogP contribution is 2.54. The van der Waals surface area contributed by atoms with Crippen molar-refractivity contribution in [2.45, 2.75) is 25.7 Å². The lowest BCUT2D eigenvalue weighted by Gasteiger charge is -2.08. The Hall–Kier alpha value is -0.340. The summed E-state index contributed by atoms with van der Waals surface area (Å²) in [7, 11) is 0. The molecule has 0 amide bonds. The second-order valence-electron chi connectivity index (χ2n) is 4.10. The Bertz CT molecular complexity index is 268. The third kappa shape index (κ3) is 1.65. The Morgan fingerprint density at radius 1 is 1.69 bits per heavy atom. The second-order valence-corrected chi connectivity index (χ2v) is 5.05. The van der Waals surface area contributed by atoms with E-state index in [-0.39, 0.29) is 0 Å². The number of nitrogens with one attached hydrogen (secondary N) is 1. The molecule has 1 nitrogen and oxygen atoms in total. The zero-order valence-electron chi connectivity index (χ0n) is 8.34. The number of hydrogen-bond donors (Lipinski definition) is 1. The van der Waals surface area contributed by atoms with Gasteiger partial charge in [0.25, 0.3) is 0 Å². The molecule has 1 fully saturated rings. The molecule has 1 aromatic heterocycles. The van der Waals surface area contributed by atoms with E-state index in [0.29, 0.717) is 5.41 Å². The molecule has 2 atom stereocenters. The molecule has 72 valence electrons. The maximum Gasteiger partial charge on any atom is 0.0108 e. The number of thiophene rings is 1. The summed E-state index contributed by atoms with van der Waals surface area (Å²) in [4.78, 5) is 1.57. The SMILES string of the molecule is CCNCC1CC1(C)c1cccs1. The summed E-state index contributed by atoms with van der Waals surface area (Å²) in [6, 6.07) is 4.44. The second kappa shape index (κ2) is 3.43. The van der Waals surface area contributed by atoms with Gasteiger partial charge in [0.15, 0.2) is 0 Å². The van der Waals surface area contributed by atoms with Crippen molar-refractivity contribution in [3.8, 4) is 0 Å². The molecule has 0 spiro atoms. The molecule has 0 aromatic carbocycles. The molecule has 0 aliphatic heterocycles. The first-order chi connectivity index (χ1) is 6.27. The van der Waals surface area contributed by atoms with Gasteiger partial charge in [0.1, 0.15) is 0 Å². The normalized spacial score (nSPS) is 32.0. The minimum atomic E-state index is 0.496. The van der Waals surface area contributed by atoms with Crippen LogP contribution in [0.4, 0.5) is 0 Å². The molecule has 0 saturated heterocycles. The summed E-state index contributed by atoms with van der Waals surface area (Å²) >= 11 is 1.90. The predicted octanol–water partition coefficient (Wildman–Crippen LogP) is 2.64. The van der Waals surface area contributed by atoms with Crippen LogP contribution in [0.3, 0.4) is 0 Å². The van der Waals surface area contributed by atoms with Crippen molar-refractivity contribution in [1.82, 2.24) is 5.32 Å². The van der Waals surface area contributed by atoms with Gasteiger partial charge in [-0.15, -0.1) is 11.3 Å². The third-order valence-electron chi connectivity index (χ3n) is 3.14. The Morgan fingerprint density at radius 2 is 2.54 bits per heavy atom. The van der Waals surface area contributed by atoms with Gasteiger partial charge in [-0.25, -0.2) is 0 Å². The Balaban J connectivity index is 1.95. The molecular weight excluding hydrogens is 178 g/mol. The van der Waals surface area contributed by atoms with Crippen molar-refractivity contribution in [3.63, 3.8) is 0 Å². The van der Waals surface area contributed by atoms with Gasteiger partial charge in [-0.2, -0.15) is 0 Å². The van der Waals surface area contributed by atoms with Gasteiger partial charge in [0, 0.05) is 10.3 Å². The number of rotatable bonds is 4. The Kier molecular flexibility index (Phi) is 2.43. The van der Waals surface area contributed by atoms with E-state index in [1.807, 2.05) is 11.3 Å². The van der Waals surface area contributed by atoms with Crippen LogP contribution in [-0.4, -0.2) is 13.1 Å². The summed E-state index contributed by atoms with van der Waals surface area (Å²) < 4.78 is 0. The number of hydrogen-bond acceptors (Lipinski definition) is 2. The largest absolute Gasteiger partial charge is 0.317 e. The summed E-state index contributed by atoms with van der Waals surface area (Å²) in [5.41, 5.74) is 0.496. The monoisotopic (exact) mass is 195 g/mol. The smallest absolute Gasteiger partial charge is 0.0108 e. The zero-order valence-corrected chi connectivity index (χ0v) is 9.16. The highest BCUT2D eigenvalue weighted by atomic mass is 32.1. The molecule has 1 heterocycles. The summed E-state index contributed by atoms with van der Waals surface area (Å²) in [5, 5.41) is 5.62. The van der Waals surface area contributed by atoms with E-state index in [4.69, 9.17) is 0 Å². The molecule has 1 aromatic rings. The van der Waals surface area contributed by atoms with E-state index in [1.165, 1.54) is 13.0 Å². The van der Waals surface area contributed by atoms with Crippen LogP contribution in [0, 0.1) is 5.92 Å². The molecule has 1 aliphatic rings. The fourth-order valence-electron chi connectivity index (χ4n) is 1.97. The lowest BCUT2D eigenvalue weighted by Crippen LogP contribution is -2.19. The fourth-order valence-corrected chi connectivity index (χ4v) is 2.95. The van der Waals surface area contributed by atoms with Crippen LogP contribution in [0.25, 0.3) is 0 Å². The van der Waals surface area contributed by atoms with Crippen LogP contribution >= 0.6 is 11.3 Å². The average molecular weight is 195 g/mol. The Morgan fingerprint density at radius 3 is 3.15 bits per heavy atom. The van der Waals surface area contributed by atoms with Gasteiger partial charge < -0.3 is 5.32 Å². The van der Waals surface area contributed by atoms with Crippen molar-refractivity contribution in [2.75, 3.05) is 13.1 Å². The average Bonchev–Trinajstić information content (AvgIpc) is 2.61. The van der Waals surface area contributed by atoms with E-state index in [2.05, 4.69) is 36.7 Å². The van der Waals surface area contributed by atoms with Crippen molar-refractivity contribution < 1.29 is 0 Å². The summed E-state index contributed by atoms with van der Waals surface area (Å²) in [6.45, 7) is 6.84. The molecule has 13 heavy (non-hydrogen) atoms. The molecule has 1 saturated carbocycles. The predicted molar refractivity (Wildman–Crippen MR) is 58.3 cm³/mol.